The van der Waals surface area contributed by atoms with E-state index in [1.54, 1.807) is 38.1 Å². The molecule has 2 rings (SSSR count). The van der Waals surface area contributed by atoms with E-state index in [0.29, 0.717) is 16.9 Å². The van der Waals surface area contributed by atoms with E-state index in [0.717, 1.165) is 6.07 Å². The molecule has 0 saturated heterocycles. The summed E-state index contributed by atoms with van der Waals surface area (Å²) in [6, 6.07) is 10.3. The van der Waals surface area contributed by atoms with E-state index < -0.39 is 21.0 Å². The van der Waals surface area contributed by atoms with Gasteiger partial charge in [-0.05, 0) is 26.0 Å². The second-order valence-corrected chi connectivity index (χ2v) is 7.00. The predicted octanol–water partition coefficient (Wildman–Crippen LogP) is 2.95. The molecule has 0 bridgehead atoms. The summed E-state index contributed by atoms with van der Waals surface area (Å²) in [6.07, 6.45) is 0. The summed E-state index contributed by atoms with van der Waals surface area (Å²) in [5.74, 6) is 0.558. The van der Waals surface area contributed by atoms with E-state index in [1.165, 1.54) is 19.2 Å². The second-order valence-electron chi connectivity index (χ2n) is 5.29. The van der Waals surface area contributed by atoms with Crippen molar-refractivity contribution >= 4 is 15.7 Å². The normalized spacial score (nSPS) is 12.6. The maximum Gasteiger partial charge on any atom is 0.273 e. The minimum atomic E-state index is -3.92. The zero-order valence-corrected chi connectivity index (χ0v) is 14.3. The van der Waals surface area contributed by atoms with Crippen molar-refractivity contribution in [3.63, 3.8) is 0 Å². The first-order valence-electron chi connectivity index (χ1n) is 7.16. The third-order valence-corrected chi connectivity index (χ3v) is 5.16. The van der Waals surface area contributed by atoms with Crippen molar-refractivity contribution < 1.29 is 18.1 Å². The Kier molecular flexibility index (Phi) is 5.20. The fraction of sp³-hybridized carbons (Fsp3) is 0.250. The average molecular weight is 350 g/mol. The molecule has 0 aliphatic rings. The van der Waals surface area contributed by atoms with Crippen molar-refractivity contribution in [2.75, 3.05) is 7.11 Å². The molecule has 0 aliphatic heterocycles. The maximum atomic E-state index is 12.5. The van der Waals surface area contributed by atoms with Gasteiger partial charge in [0.25, 0.3) is 5.69 Å². The highest BCUT2D eigenvalue weighted by Gasteiger charge is 2.23. The fourth-order valence-corrected chi connectivity index (χ4v) is 3.58. The summed E-state index contributed by atoms with van der Waals surface area (Å²) in [4.78, 5) is 10.3. The molecular weight excluding hydrogens is 332 g/mol. The summed E-state index contributed by atoms with van der Waals surface area (Å²) in [5, 5.41) is 11.0. The van der Waals surface area contributed by atoms with Crippen LogP contribution in [0.3, 0.4) is 0 Å². The van der Waals surface area contributed by atoms with E-state index in [1.807, 2.05) is 0 Å². The molecule has 0 aromatic heterocycles. The molecule has 8 heteroatoms. The van der Waals surface area contributed by atoms with Crippen LogP contribution in [-0.4, -0.2) is 20.5 Å². The molecule has 0 radical (unpaired) electrons. The number of para-hydroxylation sites is 1. The number of nitro groups is 1. The molecule has 1 atom stereocenters. The van der Waals surface area contributed by atoms with Gasteiger partial charge in [0.05, 0.1) is 16.9 Å². The molecule has 1 N–H and O–H groups in total. The Morgan fingerprint density at radius 2 is 1.88 bits per heavy atom. The molecule has 0 fully saturated rings. The Hall–Kier alpha value is -2.45. The molecule has 2 aromatic carbocycles. The predicted molar refractivity (Wildman–Crippen MR) is 89.6 cm³/mol. The van der Waals surface area contributed by atoms with Crippen LogP contribution in [-0.2, 0) is 10.0 Å². The van der Waals surface area contributed by atoms with Gasteiger partial charge in [0.2, 0.25) is 10.0 Å². The van der Waals surface area contributed by atoms with E-state index in [2.05, 4.69) is 4.72 Å². The van der Waals surface area contributed by atoms with Crippen LogP contribution in [0, 0.1) is 17.0 Å². The summed E-state index contributed by atoms with van der Waals surface area (Å²) < 4.78 is 32.8. The molecule has 0 amide bonds. The molecule has 0 saturated carbocycles. The minimum Gasteiger partial charge on any atom is -0.496 e. The Morgan fingerprint density at radius 3 is 2.50 bits per heavy atom. The summed E-state index contributed by atoms with van der Waals surface area (Å²) in [5.41, 5.74) is 0.838. The standard InChI is InChI=1S/C16H18N2O5S/c1-11-8-9-13(10-15(11)18(19)20)24(21,22)17-12(2)14-6-4-5-7-16(14)23-3/h4-10,12,17H,1-3H3. The number of nitrogens with one attached hydrogen (secondary N) is 1. The van der Waals surface area contributed by atoms with Crippen molar-refractivity contribution in [2.45, 2.75) is 24.8 Å². The van der Waals surface area contributed by atoms with E-state index in [4.69, 9.17) is 4.74 Å². The second kappa shape index (κ2) is 6.98. The molecular formula is C16H18N2O5S. The SMILES string of the molecule is COc1ccccc1C(C)NS(=O)(=O)c1ccc(C)c([N+](=O)[O-])c1. The highest BCUT2D eigenvalue weighted by atomic mass is 32.2. The van der Waals surface area contributed by atoms with Crippen LogP contribution in [0.25, 0.3) is 0 Å². The fourth-order valence-electron chi connectivity index (χ4n) is 2.34. The van der Waals surface area contributed by atoms with Crippen LogP contribution in [0.5, 0.6) is 5.75 Å². The van der Waals surface area contributed by atoms with Gasteiger partial charge in [0, 0.05) is 23.2 Å². The number of methoxy groups -OCH3 is 1. The average Bonchev–Trinajstić information content (AvgIpc) is 2.54. The number of rotatable bonds is 6. The Balaban J connectivity index is 2.35. The number of hydrogen-bond acceptors (Lipinski definition) is 5. The highest BCUT2D eigenvalue weighted by Crippen LogP contribution is 2.27. The van der Waals surface area contributed by atoms with Gasteiger partial charge in [-0.2, -0.15) is 0 Å². The number of sulfonamides is 1. The van der Waals surface area contributed by atoms with Gasteiger partial charge in [-0.1, -0.05) is 24.3 Å². The lowest BCUT2D eigenvalue weighted by Gasteiger charge is -2.17. The van der Waals surface area contributed by atoms with Gasteiger partial charge >= 0.3 is 0 Å². The number of nitrogens with zero attached hydrogens (tertiary/aromatic N) is 1. The maximum absolute atomic E-state index is 12.5. The molecule has 2 aromatic rings. The van der Waals surface area contributed by atoms with Crippen LogP contribution in [0.1, 0.15) is 24.1 Å². The first-order valence-corrected chi connectivity index (χ1v) is 8.65. The Bertz CT molecular complexity index is 865. The topological polar surface area (TPSA) is 98.5 Å². The first-order chi connectivity index (χ1) is 11.3. The minimum absolute atomic E-state index is 0.151. The first kappa shape index (κ1) is 17.9. The monoisotopic (exact) mass is 350 g/mol. The molecule has 24 heavy (non-hydrogen) atoms. The van der Waals surface area contributed by atoms with Gasteiger partial charge in [-0.25, -0.2) is 13.1 Å². The van der Waals surface area contributed by atoms with E-state index in [9.17, 15) is 18.5 Å². The third kappa shape index (κ3) is 3.72. The van der Waals surface area contributed by atoms with Crippen LogP contribution in [0.15, 0.2) is 47.4 Å². The largest absolute Gasteiger partial charge is 0.496 e. The van der Waals surface area contributed by atoms with Crippen LogP contribution in [0.2, 0.25) is 0 Å². The Labute approximate surface area is 140 Å². The van der Waals surface area contributed by atoms with E-state index in [-0.39, 0.29) is 10.6 Å². The molecule has 7 nitrogen and oxygen atoms in total. The van der Waals surface area contributed by atoms with Gasteiger partial charge in [0.1, 0.15) is 5.75 Å². The van der Waals surface area contributed by atoms with Crippen LogP contribution < -0.4 is 9.46 Å². The summed E-state index contributed by atoms with van der Waals surface area (Å²) in [7, 11) is -2.41. The molecule has 1 unspecified atom stereocenters. The van der Waals surface area contributed by atoms with Crippen LogP contribution >= 0.6 is 0 Å². The van der Waals surface area contributed by atoms with Crippen molar-refractivity contribution in [1.29, 1.82) is 0 Å². The molecule has 128 valence electrons. The zero-order chi connectivity index (χ0) is 17.9. The summed E-state index contributed by atoms with van der Waals surface area (Å²) >= 11 is 0. The lowest BCUT2D eigenvalue weighted by Crippen LogP contribution is -2.27. The van der Waals surface area contributed by atoms with Gasteiger partial charge < -0.3 is 4.74 Å². The molecule has 0 spiro atoms. The quantitative estimate of drug-likeness (QED) is 0.638. The van der Waals surface area contributed by atoms with Crippen molar-refractivity contribution in [3.05, 3.63) is 63.7 Å². The smallest absolute Gasteiger partial charge is 0.273 e. The van der Waals surface area contributed by atoms with Crippen molar-refractivity contribution in [3.8, 4) is 5.75 Å². The van der Waals surface area contributed by atoms with Gasteiger partial charge in [-0.15, -0.1) is 0 Å². The van der Waals surface area contributed by atoms with E-state index >= 15 is 0 Å². The van der Waals surface area contributed by atoms with Gasteiger partial charge in [0.15, 0.2) is 0 Å². The zero-order valence-electron chi connectivity index (χ0n) is 13.5. The lowest BCUT2D eigenvalue weighted by atomic mass is 10.1. The number of ether oxygens (including phenoxy) is 1. The third-order valence-electron chi connectivity index (χ3n) is 3.62. The van der Waals surface area contributed by atoms with Crippen LogP contribution in [0.4, 0.5) is 5.69 Å². The molecule has 0 aliphatic carbocycles. The number of hydrogen-bond donors (Lipinski definition) is 1. The van der Waals surface area contributed by atoms with Gasteiger partial charge in [-0.3, -0.25) is 10.1 Å². The number of benzene rings is 2. The Morgan fingerprint density at radius 1 is 1.21 bits per heavy atom. The number of nitro benzene ring substituents is 1. The lowest BCUT2D eigenvalue weighted by molar-refractivity contribution is -0.385. The van der Waals surface area contributed by atoms with Crippen molar-refractivity contribution in [2.24, 2.45) is 0 Å². The van der Waals surface area contributed by atoms with Crippen molar-refractivity contribution in [1.82, 2.24) is 4.72 Å². The highest BCUT2D eigenvalue weighted by molar-refractivity contribution is 7.89. The number of aryl methyl sites for hydroxylation is 1. The molecule has 0 heterocycles. The summed E-state index contributed by atoms with van der Waals surface area (Å²) in [6.45, 7) is 3.23.